The second-order valence-corrected chi connectivity index (χ2v) is 10.8. The van der Waals surface area contributed by atoms with Crippen LogP contribution in [0.15, 0.2) is 18.2 Å². The molecule has 4 amide bonds. The Morgan fingerprint density at radius 1 is 1.21 bits per heavy atom. The zero-order chi connectivity index (χ0) is 23.0. The number of benzene rings is 1. The highest BCUT2D eigenvalue weighted by molar-refractivity contribution is 7.18. The van der Waals surface area contributed by atoms with Gasteiger partial charge in [-0.05, 0) is 57.0 Å². The lowest BCUT2D eigenvalue weighted by Crippen LogP contribution is -2.51. The Hall–Kier alpha value is -2.23. The Morgan fingerprint density at radius 2 is 1.97 bits per heavy atom. The predicted molar refractivity (Wildman–Crippen MR) is 127 cm³/mol. The summed E-state index contributed by atoms with van der Waals surface area (Å²) in [4.78, 5) is 44.6. The molecule has 1 aliphatic carbocycles. The number of fused-ring (bicyclic) bond motifs is 1. The van der Waals surface area contributed by atoms with Crippen molar-refractivity contribution in [2.24, 2.45) is 0 Å². The molecule has 0 unspecified atom stereocenters. The van der Waals surface area contributed by atoms with Crippen LogP contribution in [0.4, 0.5) is 4.79 Å². The molecular formula is C23H28ClN5O3S. The first kappa shape index (κ1) is 22.6. The topological polar surface area (TPSA) is 94.6 Å². The number of hydrogen-bond acceptors (Lipinski definition) is 6. The van der Waals surface area contributed by atoms with Crippen LogP contribution in [0.1, 0.15) is 62.3 Å². The number of urea groups is 1. The number of carbonyl (C=O) groups is 3. The van der Waals surface area contributed by atoms with E-state index >= 15 is 0 Å². The van der Waals surface area contributed by atoms with Gasteiger partial charge in [0.25, 0.3) is 5.91 Å². The van der Waals surface area contributed by atoms with E-state index in [-0.39, 0.29) is 18.2 Å². The van der Waals surface area contributed by atoms with Gasteiger partial charge in [0.2, 0.25) is 5.91 Å². The molecule has 33 heavy (non-hydrogen) atoms. The Bertz CT molecular complexity index is 1080. The van der Waals surface area contributed by atoms with Gasteiger partial charge in [-0.25, -0.2) is 9.78 Å². The second kappa shape index (κ2) is 9.19. The lowest BCUT2D eigenvalue weighted by atomic mass is 9.82. The van der Waals surface area contributed by atoms with Crippen LogP contribution in [0.25, 0.3) is 10.2 Å². The number of hydrazine groups is 1. The van der Waals surface area contributed by atoms with E-state index < -0.39 is 11.6 Å². The summed E-state index contributed by atoms with van der Waals surface area (Å²) in [7, 11) is 0. The minimum absolute atomic E-state index is 0.244. The van der Waals surface area contributed by atoms with Gasteiger partial charge in [0.05, 0.1) is 15.2 Å². The van der Waals surface area contributed by atoms with Gasteiger partial charge in [-0.2, -0.15) is 5.01 Å². The lowest BCUT2D eigenvalue weighted by Gasteiger charge is -2.31. The summed E-state index contributed by atoms with van der Waals surface area (Å²) in [6.07, 6.45) is 6.40. The molecule has 10 heteroatoms. The number of thiazole rings is 1. The van der Waals surface area contributed by atoms with Crippen molar-refractivity contribution >= 4 is 51.0 Å². The molecule has 5 rings (SSSR count). The summed E-state index contributed by atoms with van der Waals surface area (Å²) in [5.74, 6) is -0.209. The molecule has 2 aromatic rings. The number of amides is 4. The van der Waals surface area contributed by atoms with Gasteiger partial charge < -0.3 is 10.2 Å². The van der Waals surface area contributed by atoms with Gasteiger partial charge in [0, 0.05) is 23.9 Å². The maximum atomic E-state index is 12.8. The van der Waals surface area contributed by atoms with Crippen LogP contribution >= 0.6 is 22.9 Å². The van der Waals surface area contributed by atoms with Crippen LogP contribution < -0.4 is 10.7 Å². The van der Waals surface area contributed by atoms with Gasteiger partial charge >= 0.3 is 6.03 Å². The normalized spacial score (nSPS) is 21.7. The number of halogens is 1. The predicted octanol–water partition coefficient (Wildman–Crippen LogP) is 3.81. The molecule has 0 radical (unpaired) electrons. The number of carbonyl (C=O) groups excluding carboxylic acids is 3. The number of likely N-dealkylation sites (tertiary alicyclic amines) is 1. The van der Waals surface area contributed by atoms with Crippen LogP contribution in [0.2, 0.25) is 5.02 Å². The number of nitrogens with zero attached hydrogens (tertiary/aromatic N) is 3. The zero-order valence-electron chi connectivity index (χ0n) is 18.4. The molecule has 3 aliphatic rings. The standard InChI is InChI=1S/C23H28ClN5O3S/c24-16-4-5-18-17(14-16)25-20(33-18)15-6-11-28(12-7-15)13-8-19(30)27-29-21(31)23(26-22(29)32)9-2-1-3-10-23/h4-5,14-15H,1-3,6-13H2,(H,26,32)(H,27,30). The SMILES string of the molecule is O=C(CCN1CCC(c2nc3cc(Cl)ccc3s2)CC1)NN1C(=O)NC2(CCCCC2)C1=O. The highest BCUT2D eigenvalue weighted by atomic mass is 35.5. The van der Waals surface area contributed by atoms with Gasteiger partial charge in [-0.15, -0.1) is 11.3 Å². The smallest absolute Gasteiger partial charge is 0.322 e. The molecule has 1 spiro atoms. The molecule has 2 N–H and O–H groups in total. The number of piperidine rings is 1. The average Bonchev–Trinajstić information content (AvgIpc) is 3.33. The molecule has 176 valence electrons. The van der Waals surface area contributed by atoms with Crippen molar-refractivity contribution in [1.82, 2.24) is 25.6 Å². The minimum atomic E-state index is -0.823. The zero-order valence-corrected chi connectivity index (χ0v) is 20.0. The molecule has 2 aliphatic heterocycles. The summed E-state index contributed by atoms with van der Waals surface area (Å²) in [5.41, 5.74) is 2.66. The number of hydrogen-bond donors (Lipinski definition) is 2. The number of aromatic nitrogens is 1. The Labute approximate surface area is 201 Å². The molecule has 0 bridgehead atoms. The van der Waals surface area contributed by atoms with Crippen molar-refractivity contribution < 1.29 is 14.4 Å². The van der Waals surface area contributed by atoms with Crippen molar-refractivity contribution in [3.8, 4) is 0 Å². The van der Waals surface area contributed by atoms with Crippen LogP contribution in [-0.2, 0) is 9.59 Å². The van der Waals surface area contributed by atoms with Crippen molar-refractivity contribution in [2.75, 3.05) is 19.6 Å². The van der Waals surface area contributed by atoms with Crippen LogP contribution in [0, 0.1) is 0 Å². The van der Waals surface area contributed by atoms with E-state index in [9.17, 15) is 14.4 Å². The summed E-state index contributed by atoms with van der Waals surface area (Å²) >= 11 is 7.81. The first-order valence-electron chi connectivity index (χ1n) is 11.7. The molecule has 8 nitrogen and oxygen atoms in total. The number of nitrogens with one attached hydrogen (secondary N) is 2. The highest BCUT2D eigenvalue weighted by Crippen LogP contribution is 2.35. The van der Waals surface area contributed by atoms with E-state index in [1.807, 2.05) is 18.2 Å². The molecule has 3 fully saturated rings. The van der Waals surface area contributed by atoms with Crippen molar-refractivity contribution in [2.45, 2.75) is 62.8 Å². The average molecular weight is 490 g/mol. The summed E-state index contributed by atoms with van der Waals surface area (Å²) in [6.45, 7) is 2.38. The Kier molecular flexibility index (Phi) is 6.28. The van der Waals surface area contributed by atoms with Crippen molar-refractivity contribution in [3.05, 3.63) is 28.2 Å². The second-order valence-electron chi connectivity index (χ2n) is 9.28. The number of rotatable bonds is 5. The van der Waals surface area contributed by atoms with E-state index in [1.165, 1.54) is 0 Å². The summed E-state index contributed by atoms with van der Waals surface area (Å²) in [6, 6.07) is 5.31. The minimum Gasteiger partial charge on any atom is -0.322 e. The van der Waals surface area contributed by atoms with Crippen LogP contribution in [0.3, 0.4) is 0 Å². The monoisotopic (exact) mass is 489 g/mol. The number of imide groups is 1. The van der Waals surface area contributed by atoms with Crippen molar-refractivity contribution in [1.29, 1.82) is 0 Å². The van der Waals surface area contributed by atoms with E-state index in [0.29, 0.717) is 30.3 Å². The molecule has 1 aromatic heterocycles. The van der Waals surface area contributed by atoms with Crippen LogP contribution in [-0.4, -0.2) is 57.9 Å². The fraction of sp³-hybridized carbons (Fsp3) is 0.565. The summed E-state index contributed by atoms with van der Waals surface area (Å²) < 4.78 is 1.16. The molecule has 2 saturated heterocycles. The van der Waals surface area contributed by atoms with Gasteiger partial charge in [0.1, 0.15) is 5.54 Å². The lowest BCUT2D eigenvalue weighted by molar-refractivity contribution is -0.140. The Balaban J connectivity index is 1.09. The third-order valence-electron chi connectivity index (χ3n) is 7.06. The van der Waals surface area contributed by atoms with E-state index in [4.69, 9.17) is 16.6 Å². The molecule has 1 aromatic carbocycles. The maximum Gasteiger partial charge on any atom is 0.344 e. The highest BCUT2D eigenvalue weighted by Gasteiger charge is 2.52. The maximum absolute atomic E-state index is 12.8. The first-order valence-corrected chi connectivity index (χ1v) is 12.9. The van der Waals surface area contributed by atoms with E-state index in [2.05, 4.69) is 15.6 Å². The van der Waals surface area contributed by atoms with E-state index in [1.54, 1.807) is 11.3 Å². The van der Waals surface area contributed by atoms with Crippen LogP contribution in [0.5, 0.6) is 0 Å². The van der Waals surface area contributed by atoms with Crippen molar-refractivity contribution in [3.63, 3.8) is 0 Å². The Morgan fingerprint density at radius 3 is 2.73 bits per heavy atom. The first-order chi connectivity index (χ1) is 15.9. The summed E-state index contributed by atoms with van der Waals surface area (Å²) in [5, 5.41) is 5.56. The van der Waals surface area contributed by atoms with E-state index in [0.717, 1.165) is 65.4 Å². The largest absolute Gasteiger partial charge is 0.344 e. The third kappa shape index (κ3) is 4.58. The van der Waals surface area contributed by atoms with Gasteiger partial charge in [0.15, 0.2) is 0 Å². The molecule has 1 saturated carbocycles. The molecule has 3 heterocycles. The molecular weight excluding hydrogens is 462 g/mol. The fourth-order valence-corrected chi connectivity index (χ4v) is 6.44. The quantitative estimate of drug-likeness (QED) is 0.623. The molecule has 0 atom stereocenters. The van der Waals surface area contributed by atoms with Gasteiger partial charge in [-0.3, -0.25) is 15.0 Å². The van der Waals surface area contributed by atoms with Gasteiger partial charge in [-0.1, -0.05) is 30.9 Å². The third-order valence-corrected chi connectivity index (χ3v) is 8.50. The fourth-order valence-electron chi connectivity index (χ4n) is 5.15.